The zero-order valence-corrected chi connectivity index (χ0v) is 19.8. The molecule has 38 heavy (non-hydrogen) atoms. The third-order valence-electron chi connectivity index (χ3n) is 5.83. The Morgan fingerprint density at radius 3 is 1.00 bits per heavy atom. The fourth-order valence-corrected chi connectivity index (χ4v) is 3.38. The van der Waals surface area contributed by atoms with Crippen LogP contribution in [0.2, 0.25) is 0 Å². The van der Waals surface area contributed by atoms with Crippen LogP contribution in [0.15, 0.2) is 24.3 Å². The predicted molar refractivity (Wildman–Crippen MR) is 112 cm³/mol. The molecule has 4 N–H and O–H groups in total. The number of aryl methyl sites for hydroxylation is 2. The van der Waals surface area contributed by atoms with Gasteiger partial charge in [-0.2, -0.15) is 52.7 Å². The minimum atomic E-state index is -7.76. The molecule has 4 nitrogen and oxygen atoms in total. The number of ether oxygens (including phenoxy) is 2. The second-order valence-corrected chi connectivity index (χ2v) is 8.26. The van der Waals surface area contributed by atoms with E-state index in [0.717, 1.165) is 28.1 Å². The molecule has 0 atom stereocenters. The van der Waals surface area contributed by atoms with Crippen LogP contribution in [0, 0.1) is 13.8 Å². The first kappa shape index (κ1) is 31.0. The van der Waals surface area contributed by atoms with Gasteiger partial charge in [-0.3, -0.25) is 0 Å². The maximum absolute atomic E-state index is 14.7. The van der Waals surface area contributed by atoms with Crippen LogP contribution in [-0.4, -0.2) is 37.9 Å². The summed E-state index contributed by atoms with van der Waals surface area (Å²) < 4.78 is 184. The highest BCUT2D eigenvalue weighted by molar-refractivity contribution is 5.61. The molecule has 2 rings (SSSR count). The molecule has 0 aromatic heterocycles. The molecule has 0 radical (unpaired) electrons. The Balaban J connectivity index is 2.71. The Morgan fingerprint density at radius 2 is 0.763 bits per heavy atom. The van der Waals surface area contributed by atoms with Crippen molar-refractivity contribution in [1.82, 2.24) is 0 Å². The Kier molecular flexibility index (Phi) is 7.53. The van der Waals surface area contributed by atoms with Gasteiger partial charge in [0.25, 0.3) is 0 Å². The second kappa shape index (κ2) is 9.22. The molecule has 0 aliphatic carbocycles. The molecule has 0 spiro atoms. The van der Waals surface area contributed by atoms with Crippen molar-refractivity contribution in [2.75, 3.05) is 25.7 Å². The van der Waals surface area contributed by atoms with Crippen molar-refractivity contribution in [3.63, 3.8) is 0 Å². The van der Waals surface area contributed by atoms with Crippen LogP contribution < -0.4 is 20.9 Å². The first-order valence-electron chi connectivity index (χ1n) is 10.1. The van der Waals surface area contributed by atoms with Crippen molar-refractivity contribution in [3.05, 3.63) is 46.5 Å². The quantitative estimate of drug-likeness (QED) is 0.253. The average molecular weight is 572 g/mol. The van der Waals surface area contributed by atoms with Gasteiger partial charge in [0.1, 0.15) is 11.5 Å². The molecule has 2 aromatic carbocycles. The van der Waals surface area contributed by atoms with Crippen LogP contribution in [0.25, 0.3) is 0 Å². The van der Waals surface area contributed by atoms with Gasteiger partial charge in [0, 0.05) is 11.1 Å². The minimum absolute atomic E-state index is 0.0133. The average Bonchev–Trinajstić information content (AvgIpc) is 2.81. The Hall–Kier alpha value is -3.20. The van der Waals surface area contributed by atoms with Crippen LogP contribution in [0.5, 0.6) is 11.5 Å². The number of halogens is 12. The predicted octanol–water partition coefficient (Wildman–Crippen LogP) is 6.91. The third-order valence-corrected chi connectivity index (χ3v) is 5.83. The molecule has 0 amide bonds. The first-order chi connectivity index (χ1) is 17.0. The van der Waals surface area contributed by atoms with E-state index in [1.165, 1.54) is 0 Å². The standard InChI is InChI=1S/C22H20F12N2O2/c1-9-5-11(7-13(37-3)15(9)35)17(23,24)19(27,28)21(31,32)22(33,34)20(29,30)18(25,26)12-6-10(2)16(36)14(8-12)38-4/h5-8H,35-36H2,1-4H3. The Labute approximate surface area is 207 Å². The highest BCUT2D eigenvalue weighted by atomic mass is 19.4. The molecule has 0 bridgehead atoms. The smallest absolute Gasteiger partial charge is 0.385 e. The topological polar surface area (TPSA) is 70.5 Å². The van der Waals surface area contributed by atoms with Gasteiger partial charge in [0.05, 0.1) is 25.6 Å². The molecule has 0 aliphatic rings. The van der Waals surface area contributed by atoms with E-state index in [-0.39, 0.29) is 24.3 Å². The van der Waals surface area contributed by atoms with Crippen LogP contribution in [0.4, 0.5) is 64.1 Å². The number of hydrogen-bond donors (Lipinski definition) is 2. The van der Waals surface area contributed by atoms with Crippen LogP contribution >= 0.6 is 0 Å². The van der Waals surface area contributed by atoms with E-state index in [9.17, 15) is 52.7 Å². The SMILES string of the molecule is COc1cc(C(F)(F)C(F)(F)C(F)(F)C(F)(F)C(F)(F)C(F)(F)c2cc(C)c(N)c(OC)c2)cc(C)c1N. The maximum Gasteiger partial charge on any atom is 0.385 e. The summed E-state index contributed by atoms with van der Waals surface area (Å²) in [6.45, 7) is 1.86. The molecule has 214 valence electrons. The molecule has 16 heteroatoms. The number of rotatable bonds is 9. The van der Waals surface area contributed by atoms with Crippen molar-refractivity contribution in [3.8, 4) is 11.5 Å². The molecule has 0 heterocycles. The molecule has 2 aromatic rings. The van der Waals surface area contributed by atoms with Crippen molar-refractivity contribution in [2.45, 2.75) is 49.4 Å². The maximum atomic E-state index is 14.7. The van der Waals surface area contributed by atoms with E-state index in [0.29, 0.717) is 0 Å². The monoisotopic (exact) mass is 572 g/mol. The lowest BCUT2D eigenvalue weighted by Gasteiger charge is -2.41. The molecule has 0 saturated carbocycles. The third kappa shape index (κ3) is 4.11. The van der Waals surface area contributed by atoms with Gasteiger partial charge >= 0.3 is 35.5 Å². The summed E-state index contributed by atoms with van der Waals surface area (Å²) in [5.41, 5.74) is 4.94. The van der Waals surface area contributed by atoms with Gasteiger partial charge in [-0.05, 0) is 49.2 Å². The molecule has 0 unspecified atom stereocenters. The van der Waals surface area contributed by atoms with Gasteiger partial charge in [-0.15, -0.1) is 0 Å². The van der Waals surface area contributed by atoms with Crippen LogP contribution in [-0.2, 0) is 11.8 Å². The van der Waals surface area contributed by atoms with Gasteiger partial charge in [0.2, 0.25) is 0 Å². The molecular weight excluding hydrogens is 552 g/mol. The van der Waals surface area contributed by atoms with Crippen LogP contribution in [0.1, 0.15) is 22.3 Å². The van der Waals surface area contributed by atoms with E-state index in [1.807, 2.05) is 0 Å². The van der Waals surface area contributed by atoms with Gasteiger partial charge < -0.3 is 20.9 Å². The van der Waals surface area contributed by atoms with Crippen LogP contribution in [0.3, 0.4) is 0 Å². The zero-order chi connectivity index (χ0) is 29.9. The van der Waals surface area contributed by atoms with E-state index in [2.05, 4.69) is 9.47 Å². The fraction of sp³-hybridized carbons (Fsp3) is 0.455. The highest BCUT2D eigenvalue weighted by Crippen LogP contribution is 2.63. The van der Waals surface area contributed by atoms with Gasteiger partial charge in [-0.1, -0.05) is 0 Å². The molecular formula is C22H20F12N2O2. The number of benzene rings is 2. The first-order valence-corrected chi connectivity index (χ1v) is 10.1. The van der Waals surface area contributed by atoms with Gasteiger partial charge in [-0.25, -0.2) is 0 Å². The second-order valence-electron chi connectivity index (χ2n) is 8.26. The highest BCUT2D eigenvalue weighted by Gasteiger charge is 2.90. The Bertz CT molecular complexity index is 1120. The van der Waals surface area contributed by atoms with Crippen molar-refractivity contribution in [2.24, 2.45) is 0 Å². The fourth-order valence-electron chi connectivity index (χ4n) is 3.38. The van der Waals surface area contributed by atoms with E-state index in [4.69, 9.17) is 11.5 Å². The number of nitrogen functional groups attached to an aromatic ring is 2. The lowest BCUT2D eigenvalue weighted by Crippen LogP contribution is -2.69. The lowest BCUT2D eigenvalue weighted by atomic mass is 9.86. The Morgan fingerprint density at radius 1 is 0.500 bits per heavy atom. The summed E-state index contributed by atoms with van der Waals surface area (Å²) in [6, 6.07) is 0.160. The summed E-state index contributed by atoms with van der Waals surface area (Å²) in [5, 5.41) is 0. The summed E-state index contributed by atoms with van der Waals surface area (Å²) in [4.78, 5) is 0. The summed E-state index contributed by atoms with van der Waals surface area (Å²) >= 11 is 0. The molecule has 0 aliphatic heterocycles. The lowest BCUT2D eigenvalue weighted by molar-refractivity contribution is -0.429. The number of nitrogens with two attached hydrogens (primary N) is 2. The summed E-state index contributed by atoms with van der Waals surface area (Å²) in [6.07, 6.45) is 0. The molecule has 0 fully saturated rings. The summed E-state index contributed by atoms with van der Waals surface area (Å²) in [7, 11) is 1.62. The van der Waals surface area contributed by atoms with E-state index >= 15 is 0 Å². The minimum Gasteiger partial charge on any atom is -0.495 e. The van der Waals surface area contributed by atoms with Gasteiger partial charge in [0.15, 0.2) is 0 Å². The van der Waals surface area contributed by atoms with E-state index < -0.39 is 80.7 Å². The van der Waals surface area contributed by atoms with E-state index in [1.54, 1.807) is 0 Å². The van der Waals surface area contributed by atoms with Crippen molar-refractivity contribution >= 4 is 11.4 Å². The summed E-state index contributed by atoms with van der Waals surface area (Å²) in [5.74, 6) is -44.4. The molecule has 0 saturated heterocycles. The number of anilines is 2. The van der Waals surface area contributed by atoms with Crippen molar-refractivity contribution < 1.29 is 62.2 Å². The normalized spacial score (nSPS) is 14.0. The zero-order valence-electron chi connectivity index (χ0n) is 19.8. The number of hydrogen-bond acceptors (Lipinski definition) is 4. The number of alkyl halides is 12. The largest absolute Gasteiger partial charge is 0.495 e. The number of methoxy groups -OCH3 is 2. The van der Waals surface area contributed by atoms with Crippen molar-refractivity contribution in [1.29, 1.82) is 0 Å².